The van der Waals surface area contributed by atoms with E-state index in [1.165, 1.54) is 0 Å². The van der Waals surface area contributed by atoms with Crippen molar-refractivity contribution in [2.75, 3.05) is 7.11 Å². The lowest BCUT2D eigenvalue weighted by Crippen LogP contribution is -1.85. The molecular formula is C13H16N2O. The van der Waals surface area contributed by atoms with Crippen molar-refractivity contribution in [1.29, 1.82) is 0 Å². The number of benzene rings is 1. The molecule has 1 N–H and O–H groups in total. The second-order valence-electron chi connectivity index (χ2n) is 4.10. The maximum Gasteiger partial charge on any atom is 0.119 e. The fourth-order valence-electron chi connectivity index (χ4n) is 1.56. The van der Waals surface area contributed by atoms with Gasteiger partial charge in [-0.1, -0.05) is 26.0 Å². The van der Waals surface area contributed by atoms with Crippen molar-refractivity contribution in [2.24, 2.45) is 0 Å². The highest BCUT2D eigenvalue weighted by Crippen LogP contribution is 2.24. The van der Waals surface area contributed by atoms with E-state index in [1.807, 2.05) is 24.3 Å². The third-order valence-corrected chi connectivity index (χ3v) is 2.59. The van der Waals surface area contributed by atoms with Crippen LogP contribution in [-0.4, -0.2) is 17.3 Å². The summed E-state index contributed by atoms with van der Waals surface area (Å²) in [6.45, 7) is 4.28. The van der Waals surface area contributed by atoms with E-state index in [9.17, 15) is 0 Å². The summed E-state index contributed by atoms with van der Waals surface area (Å²) in [5.74, 6) is 1.32. The quantitative estimate of drug-likeness (QED) is 0.855. The number of nitrogens with zero attached hydrogens (tertiary/aromatic N) is 1. The van der Waals surface area contributed by atoms with Crippen LogP contribution in [0.4, 0.5) is 0 Å². The Balaban J connectivity index is 2.34. The largest absolute Gasteiger partial charge is 0.497 e. The number of hydrogen-bond acceptors (Lipinski definition) is 2. The van der Waals surface area contributed by atoms with E-state index in [1.54, 1.807) is 7.11 Å². The van der Waals surface area contributed by atoms with Crippen LogP contribution in [-0.2, 0) is 0 Å². The Morgan fingerprint density at radius 3 is 2.69 bits per heavy atom. The van der Waals surface area contributed by atoms with Gasteiger partial charge in [0.2, 0.25) is 0 Å². The number of aromatic amines is 1. The number of rotatable bonds is 3. The van der Waals surface area contributed by atoms with Gasteiger partial charge in [-0.3, -0.25) is 5.10 Å². The lowest BCUT2D eigenvalue weighted by atomic mass is 10.1. The molecular weight excluding hydrogens is 200 g/mol. The van der Waals surface area contributed by atoms with E-state index in [0.717, 1.165) is 22.7 Å². The van der Waals surface area contributed by atoms with Gasteiger partial charge in [-0.2, -0.15) is 5.10 Å². The average Bonchev–Trinajstić information content (AvgIpc) is 2.78. The summed E-state index contributed by atoms with van der Waals surface area (Å²) in [4.78, 5) is 0. The van der Waals surface area contributed by atoms with Crippen LogP contribution in [0.5, 0.6) is 5.75 Å². The minimum atomic E-state index is 0.465. The highest BCUT2D eigenvalue weighted by Gasteiger charge is 2.07. The predicted octanol–water partition coefficient (Wildman–Crippen LogP) is 3.21. The third-order valence-electron chi connectivity index (χ3n) is 2.59. The SMILES string of the molecule is COc1cccc(-c2cc(C(C)C)[nH]n2)c1. The Bertz CT molecular complexity index is 474. The molecule has 2 aromatic rings. The molecule has 0 saturated carbocycles. The third kappa shape index (κ3) is 2.08. The van der Waals surface area contributed by atoms with Crippen molar-refractivity contribution in [2.45, 2.75) is 19.8 Å². The summed E-state index contributed by atoms with van der Waals surface area (Å²) >= 11 is 0. The van der Waals surface area contributed by atoms with Gasteiger partial charge in [0.25, 0.3) is 0 Å². The molecule has 0 aliphatic heterocycles. The van der Waals surface area contributed by atoms with Crippen molar-refractivity contribution < 1.29 is 4.74 Å². The van der Waals surface area contributed by atoms with Gasteiger partial charge in [-0.25, -0.2) is 0 Å². The van der Waals surface area contributed by atoms with Crippen LogP contribution in [0.25, 0.3) is 11.3 Å². The topological polar surface area (TPSA) is 37.9 Å². The Morgan fingerprint density at radius 2 is 2.06 bits per heavy atom. The summed E-state index contributed by atoms with van der Waals surface area (Å²) in [6, 6.07) is 10.00. The van der Waals surface area contributed by atoms with Crippen LogP contribution < -0.4 is 4.74 Å². The minimum Gasteiger partial charge on any atom is -0.497 e. The summed E-state index contributed by atoms with van der Waals surface area (Å²) in [5, 5.41) is 7.35. The molecule has 2 rings (SSSR count). The second-order valence-corrected chi connectivity index (χ2v) is 4.10. The zero-order valence-electron chi connectivity index (χ0n) is 9.82. The molecule has 1 aromatic carbocycles. The fourth-order valence-corrected chi connectivity index (χ4v) is 1.56. The van der Waals surface area contributed by atoms with E-state index in [-0.39, 0.29) is 0 Å². The van der Waals surface area contributed by atoms with Crippen molar-refractivity contribution in [3.8, 4) is 17.0 Å². The molecule has 1 heterocycles. The Hall–Kier alpha value is -1.77. The highest BCUT2D eigenvalue weighted by molar-refractivity contribution is 5.61. The van der Waals surface area contributed by atoms with Crippen molar-refractivity contribution >= 4 is 0 Å². The second kappa shape index (κ2) is 4.39. The number of hydrogen-bond donors (Lipinski definition) is 1. The number of nitrogens with one attached hydrogen (secondary N) is 1. The zero-order valence-corrected chi connectivity index (χ0v) is 9.82. The molecule has 0 unspecified atom stereocenters. The zero-order chi connectivity index (χ0) is 11.5. The van der Waals surface area contributed by atoms with E-state index in [4.69, 9.17) is 4.74 Å². The molecule has 16 heavy (non-hydrogen) atoms. The first kappa shape index (κ1) is 10.7. The van der Waals surface area contributed by atoms with Crippen molar-refractivity contribution in [3.05, 3.63) is 36.0 Å². The molecule has 3 nitrogen and oxygen atoms in total. The molecule has 0 aliphatic carbocycles. The van der Waals surface area contributed by atoms with Gasteiger partial charge in [0.1, 0.15) is 5.75 Å². The first-order chi connectivity index (χ1) is 7.70. The number of ether oxygens (including phenoxy) is 1. The van der Waals surface area contributed by atoms with Crippen LogP contribution >= 0.6 is 0 Å². The van der Waals surface area contributed by atoms with Gasteiger partial charge in [-0.15, -0.1) is 0 Å². The number of methoxy groups -OCH3 is 1. The summed E-state index contributed by atoms with van der Waals surface area (Å²) in [6.07, 6.45) is 0. The standard InChI is InChI=1S/C13H16N2O/c1-9(2)12-8-13(15-14-12)10-5-4-6-11(7-10)16-3/h4-9H,1-3H3,(H,14,15). The normalized spacial score (nSPS) is 10.8. The molecule has 3 heteroatoms. The van der Waals surface area contributed by atoms with E-state index in [0.29, 0.717) is 5.92 Å². The van der Waals surface area contributed by atoms with E-state index in [2.05, 4.69) is 30.1 Å². The average molecular weight is 216 g/mol. The maximum atomic E-state index is 5.19. The molecule has 0 bridgehead atoms. The molecule has 0 atom stereocenters. The van der Waals surface area contributed by atoms with Crippen molar-refractivity contribution in [3.63, 3.8) is 0 Å². The van der Waals surface area contributed by atoms with Gasteiger partial charge in [0.15, 0.2) is 0 Å². The van der Waals surface area contributed by atoms with Crippen LogP contribution in [0.1, 0.15) is 25.5 Å². The van der Waals surface area contributed by atoms with Gasteiger partial charge < -0.3 is 4.74 Å². The first-order valence-corrected chi connectivity index (χ1v) is 5.40. The number of H-pyrrole nitrogens is 1. The van der Waals surface area contributed by atoms with Crippen LogP contribution in [0, 0.1) is 0 Å². The molecule has 0 amide bonds. The number of aromatic nitrogens is 2. The smallest absolute Gasteiger partial charge is 0.119 e. The van der Waals surface area contributed by atoms with Gasteiger partial charge in [0, 0.05) is 11.3 Å². The van der Waals surface area contributed by atoms with E-state index < -0.39 is 0 Å². The molecule has 0 radical (unpaired) electrons. The first-order valence-electron chi connectivity index (χ1n) is 5.40. The van der Waals surface area contributed by atoms with Gasteiger partial charge in [-0.05, 0) is 24.1 Å². The lowest BCUT2D eigenvalue weighted by Gasteiger charge is -2.01. The molecule has 84 valence electrons. The molecule has 0 saturated heterocycles. The Kier molecular flexibility index (Phi) is 2.95. The highest BCUT2D eigenvalue weighted by atomic mass is 16.5. The lowest BCUT2D eigenvalue weighted by molar-refractivity contribution is 0.415. The summed E-state index contributed by atoms with van der Waals surface area (Å²) in [7, 11) is 1.67. The van der Waals surface area contributed by atoms with Gasteiger partial charge in [0.05, 0.1) is 12.8 Å². The Labute approximate surface area is 95.5 Å². The monoisotopic (exact) mass is 216 g/mol. The fraction of sp³-hybridized carbons (Fsp3) is 0.308. The van der Waals surface area contributed by atoms with Crippen LogP contribution in [0.15, 0.2) is 30.3 Å². The molecule has 0 aliphatic rings. The predicted molar refractivity (Wildman–Crippen MR) is 64.7 cm³/mol. The van der Waals surface area contributed by atoms with E-state index >= 15 is 0 Å². The van der Waals surface area contributed by atoms with Crippen LogP contribution in [0.2, 0.25) is 0 Å². The van der Waals surface area contributed by atoms with Crippen LogP contribution in [0.3, 0.4) is 0 Å². The van der Waals surface area contributed by atoms with Crippen molar-refractivity contribution in [1.82, 2.24) is 10.2 Å². The molecule has 0 fully saturated rings. The minimum absolute atomic E-state index is 0.465. The molecule has 1 aromatic heterocycles. The van der Waals surface area contributed by atoms with Gasteiger partial charge >= 0.3 is 0 Å². The summed E-state index contributed by atoms with van der Waals surface area (Å²) in [5.41, 5.74) is 3.18. The molecule has 0 spiro atoms. The Morgan fingerprint density at radius 1 is 1.25 bits per heavy atom. The maximum absolute atomic E-state index is 5.19. The summed E-state index contributed by atoms with van der Waals surface area (Å²) < 4.78 is 5.19.